The lowest BCUT2D eigenvalue weighted by Gasteiger charge is -2.14. The number of rotatable bonds is 8. The van der Waals surface area contributed by atoms with Crippen LogP contribution in [0.1, 0.15) is 24.2 Å². The molecule has 3 amide bonds. The molecule has 7 nitrogen and oxygen atoms in total. The van der Waals surface area contributed by atoms with E-state index in [4.69, 9.17) is 9.47 Å². The number of urea groups is 1. The molecule has 3 rings (SSSR count). The number of carbonyl (C=O) groups excluding carboxylic acids is 2. The molecule has 3 aromatic rings. The highest BCUT2D eigenvalue weighted by Gasteiger charge is 2.12. The maximum atomic E-state index is 12.6. The van der Waals surface area contributed by atoms with E-state index < -0.39 is 0 Å². The fourth-order valence-corrected chi connectivity index (χ4v) is 2.84. The van der Waals surface area contributed by atoms with Crippen molar-refractivity contribution in [3.05, 3.63) is 78.4 Å². The van der Waals surface area contributed by atoms with Gasteiger partial charge in [0.25, 0.3) is 5.91 Å². The van der Waals surface area contributed by atoms with Crippen LogP contribution < -0.4 is 25.4 Å². The Balaban J connectivity index is 1.58. The van der Waals surface area contributed by atoms with Gasteiger partial charge in [-0.05, 0) is 60.5 Å². The van der Waals surface area contributed by atoms with Gasteiger partial charge in [0.15, 0.2) is 11.5 Å². The Hall–Kier alpha value is -4.00. The standard InChI is InChI=1S/C25H27N3O4/c1-17(2)16-32-22-14-9-18(15-23(22)31-3)24(29)26-20-10-12-21(13-11-20)28-25(30)27-19-7-5-4-6-8-19/h4-15,17H,16H2,1-3H3,(H,26,29)(H2,27,28,30). The van der Waals surface area contributed by atoms with Crippen LogP contribution >= 0.6 is 0 Å². The summed E-state index contributed by atoms with van der Waals surface area (Å²) in [7, 11) is 1.54. The zero-order valence-electron chi connectivity index (χ0n) is 18.3. The molecule has 32 heavy (non-hydrogen) atoms. The van der Waals surface area contributed by atoms with Gasteiger partial charge in [0.05, 0.1) is 13.7 Å². The summed E-state index contributed by atoms with van der Waals surface area (Å²) in [5.41, 5.74) is 2.35. The Morgan fingerprint density at radius 1 is 0.781 bits per heavy atom. The fourth-order valence-electron chi connectivity index (χ4n) is 2.84. The second-order valence-electron chi connectivity index (χ2n) is 7.55. The molecule has 0 aliphatic heterocycles. The van der Waals surface area contributed by atoms with Crippen molar-refractivity contribution < 1.29 is 19.1 Å². The second kappa shape index (κ2) is 10.9. The molecule has 166 valence electrons. The monoisotopic (exact) mass is 433 g/mol. The van der Waals surface area contributed by atoms with Crippen LogP contribution in [-0.2, 0) is 0 Å². The first-order valence-corrected chi connectivity index (χ1v) is 10.3. The fraction of sp³-hybridized carbons (Fsp3) is 0.200. The van der Waals surface area contributed by atoms with Crippen molar-refractivity contribution in [3.8, 4) is 11.5 Å². The Morgan fingerprint density at radius 3 is 1.97 bits per heavy atom. The van der Waals surface area contributed by atoms with Crippen molar-refractivity contribution in [2.24, 2.45) is 5.92 Å². The van der Waals surface area contributed by atoms with Crippen LogP contribution in [-0.4, -0.2) is 25.7 Å². The van der Waals surface area contributed by atoms with Gasteiger partial charge in [0.2, 0.25) is 0 Å². The third-order valence-electron chi connectivity index (χ3n) is 4.43. The molecular formula is C25H27N3O4. The number of para-hydroxylation sites is 1. The number of carbonyl (C=O) groups is 2. The number of hydrogen-bond acceptors (Lipinski definition) is 4. The first kappa shape index (κ1) is 22.7. The molecule has 0 fully saturated rings. The normalized spacial score (nSPS) is 10.4. The van der Waals surface area contributed by atoms with Gasteiger partial charge >= 0.3 is 6.03 Å². The summed E-state index contributed by atoms with van der Waals surface area (Å²) in [6.07, 6.45) is 0. The molecule has 0 heterocycles. The first-order chi connectivity index (χ1) is 15.4. The van der Waals surface area contributed by atoms with Crippen LogP contribution in [0.5, 0.6) is 11.5 Å². The summed E-state index contributed by atoms with van der Waals surface area (Å²) in [5.74, 6) is 1.20. The molecule has 0 unspecified atom stereocenters. The topological polar surface area (TPSA) is 88.7 Å². The van der Waals surface area contributed by atoms with Crippen molar-refractivity contribution in [2.45, 2.75) is 13.8 Å². The highest BCUT2D eigenvalue weighted by molar-refractivity contribution is 6.05. The Kier molecular flexibility index (Phi) is 7.70. The molecule has 0 atom stereocenters. The number of nitrogens with one attached hydrogen (secondary N) is 3. The average Bonchev–Trinajstić information content (AvgIpc) is 2.79. The molecule has 7 heteroatoms. The summed E-state index contributed by atoms with van der Waals surface area (Å²) >= 11 is 0. The Morgan fingerprint density at radius 2 is 1.38 bits per heavy atom. The number of anilines is 3. The first-order valence-electron chi connectivity index (χ1n) is 10.3. The van der Waals surface area contributed by atoms with Gasteiger partial charge in [-0.15, -0.1) is 0 Å². The number of ether oxygens (including phenoxy) is 2. The molecule has 0 radical (unpaired) electrons. The number of benzene rings is 3. The lowest BCUT2D eigenvalue weighted by molar-refractivity contribution is 0.102. The summed E-state index contributed by atoms with van der Waals surface area (Å²) < 4.78 is 11.1. The molecule has 0 saturated carbocycles. The second-order valence-corrected chi connectivity index (χ2v) is 7.55. The highest BCUT2D eigenvalue weighted by atomic mass is 16.5. The van der Waals surface area contributed by atoms with Crippen LogP contribution in [0.15, 0.2) is 72.8 Å². The van der Waals surface area contributed by atoms with Crippen molar-refractivity contribution in [1.82, 2.24) is 0 Å². The predicted octanol–water partition coefficient (Wildman–Crippen LogP) is 5.63. The van der Waals surface area contributed by atoms with Gasteiger partial charge in [-0.2, -0.15) is 0 Å². The van der Waals surface area contributed by atoms with E-state index >= 15 is 0 Å². The minimum absolute atomic E-state index is 0.277. The maximum Gasteiger partial charge on any atom is 0.323 e. The lowest BCUT2D eigenvalue weighted by atomic mass is 10.1. The van der Waals surface area contributed by atoms with E-state index in [1.807, 2.05) is 18.2 Å². The van der Waals surface area contributed by atoms with Gasteiger partial charge in [0, 0.05) is 22.6 Å². The van der Waals surface area contributed by atoms with Gasteiger partial charge in [-0.3, -0.25) is 4.79 Å². The third-order valence-corrected chi connectivity index (χ3v) is 4.43. The summed E-state index contributed by atoms with van der Waals surface area (Å²) in [4.78, 5) is 24.7. The number of methoxy groups -OCH3 is 1. The van der Waals surface area contributed by atoms with E-state index in [0.717, 1.165) is 0 Å². The third kappa shape index (κ3) is 6.50. The van der Waals surface area contributed by atoms with Crippen LogP contribution in [0, 0.1) is 5.92 Å². The van der Waals surface area contributed by atoms with Gasteiger partial charge in [-0.1, -0.05) is 32.0 Å². The largest absolute Gasteiger partial charge is 0.493 e. The van der Waals surface area contributed by atoms with E-state index in [0.29, 0.717) is 46.6 Å². The number of amides is 3. The van der Waals surface area contributed by atoms with Crippen LogP contribution in [0.4, 0.5) is 21.9 Å². The van der Waals surface area contributed by atoms with E-state index in [1.165, 1.54) is 0 Å². The number of hydrogen-bond donors (Lipinski definition) is 3. The lowest BCUT2D eigenvalue weighted by Crippen LogP contribution is -2.19. The van der Waals surface area contributed by atoms with E-state index in [2.05, 4.69) is 29.8 Å². The van der Waals surface area contributed by atoms with Crippen molar-refractivity contribution in [3.63, 3.8) is 0 Å². The molecule has 0 saturated heterocycles. The zero-order chi connectivity index (χ0) is 22.9. The van der Waals surface area contributed by atoms with Gasteiger partial charge < -0.3 is 25.4 Å². The predicted molar refractivity (Wildman–Crippen MR) is 127 cm³/mol. The highest BCUT2D eigenvalue weighted by Crippen LogP contribution is 2.29. The molecule has 0 aliphatic carbocycles. The molecule has 0 aromatic heterocycles. The van der Waals surface area contributed by atoms with Crippen LogP contribution in [0.2, 0.25) is 0 Å². The van der Waals surface area contributed by atoms with Crippen molar-refractivity contribution in [1.29, 1.82) is 0 Å². The van der Waals surface area contributed by atoms with Crippen LogP contribution in [0.25, 0.3) is 0 Å². The molecule has 3 N–H and O–H groups in total. The molecule has 3 aromatic carbocycles. The Labute approximate surface area is 187 Å². The summed E-state index contributed by atoms with van der Waals surface area (Å²) in [5, 5.41) is 8.33. The zero-order valence-corrected chi connectivity index (χ0v) is 18.3. The summed E-state index contributed by atoms with van der Waals surface area (Å²) in [6.45, 7) is 4.68. The Bertz CT molecular complexity index is 1050. The van der Waals surface area contributed by atoms with Gasteiger partial charge in [0.1, 0.15) is 0 Å². The molecule has 0 spiro atoms. The average molecular weight is 434 g/mol. The van der Waals surface area contributed by atoms with E-state index in [9.17, 15) is 9.59 Å². The van der Waals surface area contributed by atoms with E-state index in [-0.39, 0.29) is 11.9 Å². The SMILES string of the molecule is COc1cc(C(=O)Nc2ccc(NC(=O)Nc3ccccc3)cc2)ccc1OCC(C)C. The van der Waals surface area contributed by atoms with Crippen molar-refractivity contribution in [2.75, 3.05) is 29.7 Å². The molecule has 0 aliphatic rings. The maximum absolute atomic E-state index is 12.6. The van der Waals surface area contributed by atoms with Gasteiger partial charge in [-0.25, -0.2) is 4.79 Å². The molecular weight excluding hydrogens is 406 g/mol. The minimum atomic E-state index is -0.347. The smallest absolute Gasteiger partial charge is 0.323 e. The molecule has 0 bridgehead atoms. The van der Waals surface area contributed by atoms with Crippen molar-refractivity contribution >= 4 is 29.0 Å². The van der Waals surface area contributed by atoms with E-state index in [1.54, 1.807) is 61.7 Å². The van der Waals surface area contributed by atoms with Crippen LogP contribution in [0.3, 0.4) is 0 Å². The summed E-state index contributed by atoms with van der Waals surface area (Å²) in [6, 6.07) is 20.7. The minimum Gasteiger partial charge on any atom is -0.493 e. The quantitative estimate of drug-likeness (QED) is 0.430.